The van der Waals surface area contributed by atoms with E-state index in [-0.39, 0.29) is 31.6 Å². The van der Waals surface area contributed by atoms with Crippen LogP contribution >= 0.6 is 20.0 Å². The molecule has 0 aromatic heterocycles. The number of aliphatic hydroxyl groups is 1. The minimum Gasteiger partial charge on any atom is -0.395 e. The lowest BCUT2D eigenvalue weighted by molar-refractivity contribution is 0.261. The van der Waals surface area contributed by atoms with E-state index < -0.39 is 13.6 Å². The van der Waals surface area contributed by atoms with Gasteiger partial charge in [0, 0.05) is 6.04 Å². The third kappa shape index (κ3) is 10.4. The maximum Gasteiger partial charge on any atom is 0.325 e. The Kier molecular flexibility index (Phi) is 7.52. The van der Waals surface area contributed by atoms with Crippen LogP contribution in [0, 0.1) is 0 Å². The summed E-state index contributed by atoms with van der Waals surface area (Å²) in [7, 11) is -3.92. The van der Waals surface area contributed by atoms with Crippen LogP contribution in [0.2, 0.25) is 0 Å². The lowest BCUT2D eigenvalue weighted by atomic mass is 10.3. The molecule has 0 aliphatic rings. The van der Waals surface area contributed by atoms with E-state index in [0.29, 0.717) is 0 Å². The smallest absolute Gasteiger partial charge is 0.325 e. The van der Waals surface area contributed by atoms with E-state index in [1.807, 2.05) is 0 Å². The highest BCUT2D eigenvalue weighted by Crippen LogP contribution is 2.34. The van der Waals surface area contributed by atoms with Gasteiger partial charge >= 0.3 is 7.60 Å². The first-order chi connectivity index (χ1) is 4.45. The van der Waals surface area contributed by atoms with Crippen LogP contribution in [-0.2, 0) is 4.57 Å². The summed E-state index contributed by atoms with van der Waals surface area (Å²) in [5, 5.41) is 8.35. The van der Waals surface area contributed by atoms with Crippen LogP contribution < -0.4 is 5.73 Å². The van der Waals surface area contributed by atoms with E-state index >= 15 is 0 Å². The van der Waals surface area contributed by atoms with Gasteiger partial charge in [0.15, 0.2) is 0 Å². The second-order valence-corrected chi connectivity index (χ2v) is 3.90. The topological polar surface area (TPSA) is 104 Å². The third-order valence-electron chi connectivity index (χ3n) is 1.03. The number of hydrogen-bond donors (Lipinski definition) is 4. The lowest BCUT2D eigenvalue weighted by Crippen LogP contribution is -2.25. The summed E-state index contributed by atoms with van der Waals surface area (Å²) in [6.07, 6.45) is -0.102. The van der Waals surface area contributed by atoms with Gasteiger partial charge in [0.25, 0.3) is 0 Å². The van der Waals surface area contributed by atoms with Crippen LogP contribution in [0.1, 0.15) is 6.42 Å². The molecule has 0 heterocycles. The molecule has 0 radical (unpaired) electrons. The Morgan fingerprint density at radius 3 is 2.18 bits per heavy atom. The quantitative estimate of drug-likeness (QED) is 0.454. The van der Waals surface area contributed by atoms with Gasteiger partial charge in [-0.2, -0.15) is 0 Å². The first-order valence-electron chi connectivity index (χ1n) is 2.86. The molecule has 5 nitrogen and oxygen atoms in total. The van der Waals surface area contributed by atoms with Gasteiger partial charge in [0.1, 0.15) is 0 Å². The van der Waals surface area contributed by atoms with E-state index in [2.05, 4.69) is 0 Å². The van der Waals surface area contributed by atoms with E-state index in [0.717, 1.165) is 0 Å². The molecule has 0 aromatic carbocycles. The molecule has 0 spiro atoms. The second-order valence-electron chi connectivity index (χ2n) is 2.12. The number of aliphatic hydroxyl groups excluding tert-OH is 1. The van der Waals surface area contributed by atoms with E-state index in [1.54, 1.807) is 0 Å². The predicted octanol–water partition coefficient (Wildman–Crippen LogP) is -0.704. The van der Waals surface area contributed by atoms with E-state index in [1.165, 1.54) is 0 Å². The molecule has 0 rings (SSSR count). The Balaban J connectivity index is 0. The van der Waals surface area contributed by atoms with Crippen molar-refractivity contribution in [3.8, 4) is 0 Å². The standard InChI is InChI=1S/C4H12NO4P.ClH/c5-4(3-6)1-2-10(7,8)9;/h4,6H,1-3,5H2,(H2,7,8,9);1H/t4-;/m0./s1. The third-order valence-corrected chi connectivity index (χ3v) is 1.87. The summed E-state index contributed by atoms with van der Waals surface area (Å²) in [6.45, 7) is -0.236. The summed E-state index contributed by atoms with van der Waals surface area (Å²) in [4.78, 5) is 16.7. The van der Waals surface area contributed by atoms with Crippen LogP contribution in [-0.4, -0.2) is 33.7 Å². The lowest BCUT2D eigenvalue weighted by Gasteiger charge is -2.07. The molecule has 11 heavy (non-hydrogen) atoms. The van der Waals surface area contributed by atoms with Crippen molar-refractivity contribution >= 4 is 20.0 Å². The first-order valence-corrected chi connectivity index (χ1v) is 4.66. The summed E-state index contributed by atoms with van der Waals surface area (Å²) < 4.78 is 10.2. The molecule has 1 atom stereocenters. The van der Waals surface area contributed by atoms with Crippen molar-refractivity contribution in [2.75, 3.05) is 12.8 Å². The molecule has 0 aliphatic carbocycles. The number of nitrogens with two attached hydrogens (primary N) is 1. The average Bonchev–Trinajstić information content (AvgIpc) is 1.81. The summed E-state index contributed by atoms with van der Waals surface area (Å²) >= 11 is 0. The molecule has 0 aliphatic heterocycles. The normalized spacial score (nSPS) is 13.8. The predicted molar refractivity (Wildman–Crippen MR) is 43.8 cm³/mol. The van der Waals surface area contributed by atoms with Crippen molar-refractivity contribution in [1.82, 2.24) is 0 Å². The molecule has 7 heteroatoms. The molecule has 0 fully saturated rings. The molecular weight excluding hydrogens is 192 g/mol. The van der Waals surface area contributed by atoms with E-state index in [4.69, 9.17) is 20.6 Å². The zero-order valence-corrected chi connectivity index (χ0v) is 7.59. The number of hydrogen-bond acceptors (Lipinski definition) is 3. The maximum atomic E-state index is 10.2. The Morgan fingerprint density at radius 1 is 1.45 bits per heavy atom. The van der Waals surface area contributed by atoms with Crippen molar-refractivity contribution in [2.24, 2.45) is 5.73 Å². The summed E-state index contributed by atoms with van der Waals surface area (Å²) in [5.41, 5.74) is 5.19. The molecule has 0 amide bonds. The van der Waals surface area contributed by atoms with Gasteiger partial charge in [0.05, 0.1) is 12.8 Å². The van der Waals surface area contributed by atoms with Crippen molar-refractivity contribution in [3.05, 3.63) is 0 Å². The largest absolute Gasteiger partial charge is 0.395 e. The van der Waals surface area contributed by atoms with Gasteiger partial charge in [-0.1, -0.05) is 0 Å². The van der Waals surface area contributed by atoms with Gasteiger partial charge in [-0.05, 0) is 6.42 Å². The molecule has 5 N–H and O–H groups in total. The SMILES string of the molecule is Cl.N[C@H](CO)CCP(=O)(O)O. The second kappa shape index (κ2) is 5.94. The van der Waals surface area contributed by atoms with Crippen molar-refractivity contribution < 1.29 is 19.5 Å². The fourth-order valence-corrected chi connectivity index (χ4v) is 1.09. The summed E-state index contributed by atoms with van der Waals surface area (Å²) in [5.74, 6) is 0. The van der Waals surface area contributed by atoms with Crippen LogP contribution in [0.15, 0.2) is 0 Å². The minimum atomic E-state index is -3.92. The van der Waals surface area contributed by atoms with Crippen molar-refractivity contribution in [3.63, 3.8) is 0 Å². The fraction of sp³-hybridized carbons (Fsp3) is 1.00. The van der Waals surface area contributed by atoms with Crippen LogP contribution in [0.3, 0.4) is 0 Å². The molecule has 0 bridgehead atoms. The highest BCUT2D eigenvalue weighted by atomic mass is 35.5. The van der Waals surface area contributed by atoms with Gasteiger partial charge in [-0.25, -0.2) is 0 Å². The number of rotatable bonds is 4. The van der Waals surface area contributed by atoms with Gasteiger partial charge < -0.3 is 20.6 Å². The zero-order valence-electron chi connectivity index (χ0n) is 5.88. The van der Waals surface area contributed by atoms with Gasteiger partial charge in [-0.15, -0.1) is 12.4 Å². The Bertz CT molecular complexity index is 138. The van der Waals surface area contributed by atoms with Crippen LogP contribution in [0.5, 0.6) is 0 Å². The molecule has 0 aromatic rings. The van der Waals surface area contributed by atoms with Crippen LogP contribution in [0.25, 0.3) is 0 Å². The molecule has 0 saturated carbocycles. The van der Waals surface area contributed by atoms with E-state index in [9.17, 15) is 4.57 Å². The molecule has 70 valence electrons. The molecule has 0 saturated heterocycles. The Hall–Kier alpha value is 0.360. The zero-order chi connectivity index (χ0) is 8.20. The van der Waals surface area contributed by atoms with Gasteiger partial charge in [-0.3, -0.25) is 4.57 Å². The van der Waals surface area contributed by atoms with Crippen LogP contribution in [0.4, 0.5) is 0 Å². The average molecular weight is 206 g/mol. The Labute approximate surface area is 71.2 Å². The first kappa shape index (κ1) is 13.9. The number of halogens is 1. The molecule has 0 unspecified atom stereocenters. The minimum absolute atomic E-state index is 0. The Morgan fingerprint density at radius 2 is 1.91 bits per heavy atom. The van der Waals surface area contributed by atoms with Crippen molar-refractivity contribution in [2.45, 2.75) is 12.5 Å². The van der Waals surface area contributed by atoms with Crippen molar-refractivity contribution in [1.29, 1.82) is 0 Å². The highest BCUT2D eigenvalue weighted by Gasteiger charge is 2.14. The highest BCUT2D eigenvalue weighted by molar-refractivity contribution is 7.51. The fourth-order valence-electron chi connectivity index (χ4n) is 0.425. The summed E-state index contributed by atoms with van der Waals surface area (Å²) in [6, 6.07) is -0.521. The van der Waals surface area contributed by atoms with Gasteiger partial charge in [0.2, 0.25) is 0 Å². The monoisotopic (exact) mass is 205 g/mol. The molecular formula is C4H13ClNO4P. The maximum absolute atomic E-state index is 10.2.